The highest BCUT2D eigenvalue weighted by molar-refractivity contribution is 6.04. The molecule has 2 aromatic carbocycles. The van der Waals surface area contributed by atoms with Crippen LogP contribution in [0.1, 0.15) is 15.9 Å². The number of fused-ring (bicyclic) bond motifs is 2. The third-order valence-corrected chi connectivity index (χ3v) is 3.93. The smallest absolute Gasteiger partial charge is 0.416 e. The first-order valence-electron chi connectivity index (χ1n) is 7.66. The van der Waals surface area contributed by atoms with E-state index in [0.717, 1.165) is 18.2 Å². The van der Waals surface area contributed by atoms with Crippen LogP contribution in [0.4, 0.5) is 13.2 Å². The third kappa shape index (κ3) is 3.05. The first-order valence-corrected chi connectivity index (χ1v) is 7.66. The van der Waals surface area contributed by atoms with Gasteiger partial charge in [-0.15, -0.1) is 0 Å². The van der Waals surface area contributed by atoms with E-state index in [9.17, 15) is 22.8 Å². The van der Waals surface area contributed by atoms with Gasteiger partial charge in [0.2, 0.25) is 0 Å². The molecular weight excluding hydrogens is 365 g/mol. The van der Waals surface area contributed by atoms with E-state index in [1.54, 1.807) is 0 Å². The number of furan rings is 1. The summed E-state index contributed by atoms with van der Waals surface area (Å²) >= 11 is 0. The highest BCUT2D eigenvalue weighted by Gasteiger charge is 2.31. The van der Waals surface area contributed by atoms with Crippen LogP contribution in [-0.2, 0) is 6.18 Å². The van der Waals surface area contributed by atoms with Gasteiger partial charge >= 0.3 is 17.8 Å². The molecule has 0 bridgehead atoms. The zero-order valence-electron chi connectivity index (χ0n) is 13.4. The van der Waals surface area contributed by atoms with E-state index >= 15 is 0 Å². The van der Waals surface area contributed by atoms with Crippen LogP contribution in [0.2, 0.25) is 0 Å². The Kier molecular flexibility index (Phi) is 3.76. The Morgan fingerprint density at radius 1 is 0.963 bits per heavy atom. The van der Waals surface area contributed by atoms with Gasteiger partial charge < -0.3 is 13.6 Å². The van der Waals surface area contributed by atoms with E-state index < -0.39 is 23.3 Å². The minimum atomic E-state index is -4.59. The van der Waals surface area contributed by atoms with Gasteiger partial charge in [-0.2, -0.15) is 13.2 Å². The molecule has 0 saturated carbocycles. The molecule has 0 atom stereocenters. The van der Waals surface area contributed by atoms with E-state index in [4.69, 9.17) is 13.6 Å². The summed E-state index contributed by atoms with van der Waals surface area (Å²) in [4.78, 5) is 23.9. The van der Waals surface area contributed by atoms with Crippen molar-refractivity contribution >= 4 is 27.9 Å². The lowest BCUT2D eigenvalue weighted by atomic mass is 10.1. The van der Waals surface area contributed by atoms with Crippen molar-refractivity contribution in [2.45, 2.75) is 6.18 Å². The molecule has 4 rings (SSSR count). The Labute approximate surface area is 148 Å². The van der Waals surface area contributed by atoms with E-state index in [2.05, 4.69) is 0 Å². The minimum Gasteiger partial charge on any atom is -0.464 e. The van der Waals surface area contributed by atoms with Gasteiger partial charge in [0.25, 0.3) is 0 Å². The maximum Gasteiger partial charge on any atom is 0.416 e. The van der Waals surface area contributed by atoms with Gasteiger partial charge in [0.1, 0.15) is 11.2 Å². The number of alkyl halides is 3. The Hall–Kier alpha value is -3.55. The first kappa shape index (κ1) is 16.9. The molecule has 0 spiro atoms. The molecule has 5 nitrogen and oxygen atoms in total. The quantitative estimate of drug-likeness (QED) is 0.287. The standard InChI is InChI=1S/C19H9F3O5/c20-19(21,22)11-3-1-2-10(8-11)18(24)27-17-12-4-5-16(23)26-15(12)9-14-13(17)6-7-25-14/h1-9H. The van der Waals surface area contributed by atoms with Crippen molar-refractivity contribution < 1.29 is 31.5 Å². The number of hydrogen-bond donors (Lipinski definition) is 0. The molecule has 8 heteroatoms. The minimum absolute atomic E-state index is 0.0300. The number of carbonyl (C=O) groups is 1. The van der Waals surface area contributed by atoms with E-state index in [1.807, 2.05) is 0 Å². The van der Waals surface area contributed by atoms with Crippen LogP contribution in [0, 0.1) is 0 Å². The largest absolute Gasteiger partial charge is 0.464 e. The van der Waals surface area contributed by atoms with Gasteiger partial charge in [-0.3, -0.25) is 0 Å². The average molecular weight is 374 g/mol. The van der Waals surface area contributed by atoms with Crippen LogP contribution in [0.15, 0.2) is 68.4 Å². The summed E-state index contributed by atoms with van der Waals surface area (Å²) in [5.74, 6) is -0.954. The number of halogens is 3. The summed E-state index contributed by atoms with van der Waals surface area (Å²) in [5.41, 5.74) is -1.42. The van der Waals surface area contributed by atoms with Crippen molar-refractivity contribution in [1.82, 2.24) is 0 Å². The van der Waals surface area contributed by atoms with Gasteiger partial charge in [-0.05, 0) is 30.3 Å². The molecule has 0 radical (unpaired) electrons. The molecule has 0 aliphatic rings. The Balaban J connectivity index is 1.82. The number of carbonyl (C=O) groups excluding carboxylic acids is 1. The summed E-state index contributed by atoms with van der Waals surface area (Å²) in [7, 11) is 0. The molecule has 0 aliphatic carbocycles. The highest BCUT2D eigenvalue weighted by atomic mass is 19.4. The number of ether oxygens (including phenoxy) is 1. The molecule has 0 amide bonds. The lowest BCUT2D eigenvalue weighted by Crippen LogP contribution is -2.12. The molecule has 2 aromatic heterocycles. The third-order valence-electron chi connectivity index (χ3n) is 3.93. The highest BCUT2D eigenvalue weighted by Crippen LogP contribution is 2.36. The van der Waals surface area contributed by atoms with Crippen molar-refractivity contribution in [3.63, 3.8) is 0 Å². The number of rotatable bonds is 2. The predicted octanol–water partition coefficient (Wildman–Crippen LogP) is 4.78. The van der Waals surface area contributed by atoms with E-state index in [-0.39, 0.29) is 16.9 Å². The van der Waals surface area contributed by atoms with Crippen LogP contribution in [-0.4, -0.2) is 5.97 Å². The zero-order chi connectivity index (χ0) is 19.2. The maximum atomic E-state index is 12.9. The molecular formula is C19H9F3O5. The fourth-order valence-electron chi connectivity index (χ4n) is 2.69. The second-order valence-corrected chi connectivity index (χ2v) is 5.67. The SMILES string of the molecule is O=C(Oc1c2ccoc2cc2oc(=O)ccc12)c1cccc(C(F)(F)F)c1. The molecule has 27 heavy (non-hydrogen) atoms. The van der Waals surface area contributed by atoms with Gasteiger partial charge in [0.15, 0.2) is 5.75 Å². The predicted molar refractivity (Wildman–Crippen MR) is 88.7 cm³/mol. The number of esters is 1. The van der Waals surface area contributed by atoms with Crippen molar-refractivity contribution in [2.75, 3.05) is 0 Å². The van der Waals surface area contributed by atoms with Crippen molar-refractivity contribution in [3.8, 4) is 5.75 Å². The molecule has 0 unspecified atom stereocenters. The molecule has 0 N–H and O–H groups in total. The molecule has 0 fully saturated rings. The first-order chi connectivity index (χ1) is 12.8. The Morgan fingerprint density at radius 3 is 2.52 bits per heavy atom. The monoisotopic (exact) mass is 374 g/mol. The average Bonchev–Trinajstić information content (AvgIpc) is 3.09. The Morgan fingerprint density at radius 2 is 1.74 bits per heavy atom. The fraction of sp³-hybridized carbons (Fsp3) is 0.0526. The zero-order valence-corrected chi connectivity index (χ0v) is 13.4. The van der Waals surface area contributed by atoms with Gasteiger partial charge in [0.05, 0.1) is 28.2 Å². The lowest BCUT2D eigenvalue weighted by Gasteiger charge is -2.10. The molecule has 2 heterocycles. The topological polar surface area (TPSA) is 69.7 Å². The normalized spacial score (nSPS) is 11.8. The molecule has 136 valence electrons. The second-order valence-electron chi connectivity index (χ2n) is 5.67. The van der Waals surface area contributed by atoms with Gasteiger partial charge in [0, 0.05) is 12.1 Å². The summed E-state index contributed by atoms with van der Waals surface area (Å²) < 4.78 is 54.3. The second kappa shape index (κ2) is 6.01. The molecule has 4 aromatic rings. The van der Waals surface area contributed by atoms with Gasteiger partial charge in [-0.25, -0.2) is 9.59 Å². The lowest BCUT2D eigenvalue weighted by molar-refractivity contribution is -0.137. The van der Waals surface area contributed by atoms with Crippen LogP contribution >= 0.6 is 0 Å². The molecule has 0 saturated heterocycles. The van der Waals surface area contributed by atoms with Crippen LogP contribution in [0.5, 0.6) is 5.75 Å². The Bertz CT molecular complexity index is 1230. The van der Waals surface area contributed by atoms with Crippen LogP contribution in [0.3, 0.4) is 0 Å². The summed E-state index contributed by atoms with van der Waals surface area (Å²) in [6.45, 7) is 0. The number of benzene rings is 2. The van der Waals surface area contributed by atoms with E-state index in [0.29, 0.717) is 22.4 Å². The maximum absolute atomic E-state index is 12.9. The van der Waals surface area contributed by atoms with Crippen molar-refractivity contribution in [1.29, 1.82) is 0 Å². The van der Waals surface area contributed by atoms with E-state index in [1.165, 1.54) is 30.5 Å². The number of hydrogen-bond acceptors (Lipinski definition) is 5. The van der Waals surface area contributed by atoms with Crippen LogP contribution in [0.25, 0.3) is 21.9 Å². The fourth-order valence-corrected chi connectivity index (χ4v) is 2.69. The van der Waals surface area contributed by atoms with Crippen LogP contribution < -0.4 is 10.4 Å². The van der Waals surface area contributed by atoms with Crippen molar-refractivity contribution in [2.24, 2.45) is 0 Å². The summed E-state index contributed by atoms with van der Waals surface area (Å²) in [5, 5.41) is 0.723. The summed E-state index contributed by atoms with van der Waals surface area (Å²) in [6.07, 6.45) is -3.24. The summed E-state index contributed by atoms with van der Waals surface area (Å²) in [6, 6.07) is 9.46. The molecule has 0 aliphatic heterocycles. The van der Waals surface area contributed by atoms with Gasteiger partial charge in [-0.1, -0.05) is 6.07 Å². The van der Waals surface area contributed by atoms with Crippen molar-refractivity contribution in [3.05, 3.63) is 76.3 Å².